The standard InChI is InChI=1S/C18H24N4O3/c1-22(2)10-9-19-17-8-5-13(12-20-17)18(23)21-15-11-14(24-3)6-7-16(15)25-4/h5-8,11-12H,9-10H2,1-4H3,(H,19,20)(H,21,23). The summed E-state index contributed by atoms with van der Waals surface area (Å²) in [5.41, 5.74) is 1.00. The van der Waals surface area contributed by atoms with E-state index in [1.807, 2.05) is 14.1 Å². The Labute approximate surface area is 148 Å². The first-order chi connectivity index (χ1) is 12.0. The van der Waals surface area contributed by atoms with Crippen molar-refractivity contribution in [1.29, 1.82) is 0 Å². The number of aromatic nitrogens is 1. The van der Waals surface area contributed by atoms with Crippen molar-refractivity contribution in [3.05, 3.63) is 42.1 Å². The van der Waals surface area contributed by atoms with Gasteiger partial charge in [0.1, 0.15) is 17.3 Å². The van der Waals surface area contributed by atoms with Crippen LogP contribution in [0.4, 0.5) is 11.5 Å². The molecular weight excluding hydrogens is 320 g/mol. The molecule has 1 aromatic carbocycles. The fraction of sp³-hybridized carbons (Fsp3) is 0.333. The van der Waals surface area contributed by atoms with Crippen LogP contribution in [0.5, 0.6) is 11.5 Å². The van der Waals surface area contributed by atoms with Gasteiger partial charge in [-0.15, -0.1) is 0 Å². The Morgan fingerprint density at radius 1 is 1.16 bits per heavy atom. The van der Waals surface area contributed by atoms with E-state index in [0.717, 1.165) is 18.9 Å². The number of benzene rings is 1. The van der Waals surface area contributed by atoms with E-state index in [2.05, 4.69) is 20.5 Å². The van der Waals surface area contributed by atoms with Gasteiger partial charge in [-0.3, -0.25) is 4.79 Å². The van der Waals surface area contributed by atoms with Gasteiger partial charge in [0.2, 0.25) is 0 Å². The quantitative estimate of drug-likeness (QED) is 0.765. The number of rotatable bonds is 8. The molecular formula is C18H24N4O3. The third-order valence-electron chi connectivity index (χ3n) is 3.55. The Hall–Kier alpha value is -2.80. The predicted molar refractivity (Wildman–Crippen MR) is 98.8 cm³/mol. The van der Waals surface area contributed by atoms with E-state index in [4.69, 9.17) is 9.47 Å². The van der Waals surface area contributed by atoms with E-state index >= 15 is 0 Å². The monoisotopic (exact) mass is 344 g/mol. The van der Waals surface area contributed by atoms with Gasteiger partial charge in [-0.25, -0.2) is 4.98 Å². The summed E-state index contributed by atoms with van der Waals surface area (Å²) in [6, 6.07) is 8.73. The number of anilines is 2. The molecule has 0 aliphatic heterocycles. The van der Waals surface area contributed by atoms with Crippen LogP contribution >= 0.6 is 0 Å². The van der Waals surface area contributed by atoms with Gasteiger partial charge in [-0.2, -0.15) is 0 Å². The number of likely N-dealkylation sites (N-methyl/N-ethyl adjacent to an activating group) is 1. The van der Waals surface area contributed by atoms with E-state index in [0.29, 0.717) is 22.7 Å². The summed E-state index contributed by atoms with van der Waals surface area (Å²) >= 11 is 0. The van der Waals surface area contributed by atoms with Crippen molar-refractivity contribution in [3.8, 4) is 11.5 Å². The number of amides is 1. The Balaban J connectivity index is 2.03. The molecule has 1 heterocycles. The highest BCUT2D eigenvalue weighted by Crippen LogP contribution is 2.29. The summed E-state index contributed by atoms with van der Waals surface area (Å²) in [4.78, 5) is 18.8. The Kier molecular flexibility index (Phi) is 6.59. The zero-order valence-electron chi connectivity index (χ0n) is 15.0. The number of methoxy groups -OCH3 is 2. The van der Waals surface area contributed by atoms with Crippen LogP contribution in [0.2, 0.25) is 0 Å². The van der Waals surface area contributed by atoms with E-state index in [1.165, 1.54) is 0 Å². The maximum absolute atomic E-state index is 12.4. The highest BCUT2D eigenvalue weighted by molar-refractivity contribution is 6.05. The molecule has 2 aromatic rings. The molecule has 0 aliphatic carbocycles. The Morgan fingerprint density at radius 3 is 2.56 bits per heavy atom. The van der Waals surface area contributed by atoms with Gasteiger partial charge in [0, 0.05) is 25.4 Å². The first-order valence-corrected chi connectivity index (χ1v) is 7.91. The number of hydrogen-bond donors (Lipinski definition) is 2. The lowest BCUT2D eigenvalue weighted by Gasteiger charge is -2.12. The average Bonchev–Trinajstić information content (AvgIpc) is 2.61. The molecule has 0 saturated heterocycles. The largest absolute Gasteiger partial charge is 0.497 e. The zero-order valence-corrected chi connectivity index (χ0v) is 15.0. The van der Waals surface area contributed by atoms with Crippen molar-refractivity contribution in [2.75, 3.05) is 52.0 Å². The molecule has 1 aromatic heterocycles. The van der Waals surface area contributed by atoms with Crippen LogP contribution in [0, 0.1) is 0 Å². The van der Waals surface area contributed by atoms with Gasteiger partial charge in [0.15, 0.2) is 0 Å². The first-order valence-electron chi connectivity index (χ1n) is 7.91. The minimum Gasteiger partial charge on any atom is -0.497 e. The fourth-order valence-electron chi connectivity index (χ4n) is 2.15. The summed E-state index contributed by atoms with van der Waals surface area (Å²) < 4.78 is 10.4. The number of carbonyl (C=O) groups is 1. The zero-order chi connectivity index (χ0) is 18.2. The lowest BCUT2D eigenvalue weighted by molar-refractivity contribution is 0.102. The van der Waals surface area contributed by atoms with Crippen molar-refractivity contribution in [3.63, 3.8) is 0 Å². The lowest BCUT2D eigenvalue weighted by Crippen LogP contribution is -2.21. The fourth-order valence-corrected chi connectivity index (χ4v) is 2.15. The number of ether oxygens (including phenoxy) is 2. The lowest BCUT2D eigenvalue weighted by atomic mass is 10.2. The number of hydrogen-bond acceptors (Lipinski definition) is 6. The van der Waals surface area contributed by atoms with Gasteiger partial charge in [0.25, 0.3) is 5.91 Å². The van der Waals surface area contributed by atoms with Crippen LogP contribution < -0.4 is 20.1 Å². The summed E-state index contributed by atoms with van der Waals surface area (Å²) in [6.07, 6.45) is 1.54. The van der Waals surface area contributed by atoms with Crippen LogP contribution in [-0.4, -0.2) is 57.2 Å². The van der Waals surface area contributed by atoms with E-state index in [-0.39, 0.29) is 5.91 Å². The van der Waals surface area contributed by atoms with Crippen LogP contribution in [0.15, 0.2) is 36.5 Å². The molecule has 0 fully saturated rings. The molecule has 7 nitrogen and oxygen atoms in total. The molecule has 0 spiro atoms. The summed E-state index contributed by atoms with van der Waals surface area (Å²) in [6.45, 7) is 1.69. The second-order valence-electron chi connectivity index (χ2n) is 5.68. The SMILES string of the molecule is COc1ccc(OC)c(NC(=O)c2ccc(NCCN(C)C)nc2)c1. The van der Waals surface area contributed by atoms with Crippen LogP contribution in [0.25, 0.3) is 0 Å². The van der Waals surface area contributed by atoms with Crippen molar-refractivity contribution in [2.45, 2.75) is 0 Å². The van der Waals surface area contributed by atoms with Gasteiger partial charge < -0.3 is 25.0 Å². The van der Waals surface area contributed by atoms with Crippen LogP contribution in [0.3, 0.4) is 0 Å². The maximum Gasteiger partial charge on any atom is 0.257 e. The molecule has 2 rings (SSSR count). The Morgan fingerprint density at radius 2 is 1.96 bits per heavy atom. The summed E-state index contributed by atoms with van der Waals surface area (Å²) in [7, 11) is 7.14. The molecule has 25 heavy (non-hydrogen) atoms. The molecule has 134 valence electrons. The van der Waals surface area contributed by atoms with Gasteiger partial charge in [-0.05, 0) is 38.4 Å². The molecule has 7 heteroatoms. The number of pyridine rings is 1. The molecule has 0 radical (unpaired) electrons. The van der Waals surface area contributed by atoms with Crippen LogP contribution in [0.1, 0.15) is 10.4 Å². The molecule has 0 bridgehead atoms. The normalized spacial score (nSPS) is 10.4. The third-order valence-corrected chi connectivity index (χ3v) is 3.55. The van der Waals surface area contributed by atoms with Crippen molar-refractivity contribution in [2.24, 2.45) is 0 Å². The summed E-state index contributed by atoms with van der Waals surface area (Å²) in [5.74, 6) is 1.66. The first kappa shape index (κ1) is 18.5. The molecule has 2 N–H and O–H groups in total. The number of nitrogens with one attached hydrogen (secondary N) is 2. The van der Waals surface area contributed by atoms with E-state index < -0.39 is 0 Å². The summed E-state index contributed by atoms with van der Waals surface area (Å²) in [5, 5.41) is 6.02. The molecule has 1 amide bonds. The maximum atomic E-state index is 12.4. The number of carbonyl (C=O) groups excluding carboxylic acids is 1. The predicted octanol–water partition coefficient (Wildman–Crippen LogP) is 2.32. The van der Waals surface area contributed by atoms with Gasteiger partial charge in [0.05, 0.1) is 25.5 Å². The van der Waals surface area contributed by atoms with Crippen LogP contribution in [-0.2, 0) is 0 Å². The highest BCUT2D eigenvalue weighted by atomic mass is 16.5. The van der Waals surface area contributed by atoms with Crippen molar-refractivity contribution in [1.82, 2.24) is 9.88 Å². The molecule has 0 unspecified atom stereocenters. The van der Waals surface area contributed by atoms with Crippen molar-refractivity contribution >= 4 is 17.4 Å². The van der Waals surface area contributed by atoms with E-state index in [1.54, 1.807) is 50.7 Å². The Bertz CT molecular complexity index is 702. The molecule has 0 atom stereocenters. The third kappa shape index (κ3) is 5.36. The molecule has 0 saturated carbocycles. The minimum absolute atomic E-state index is 0.265. The minimum atomic E-state index is -0.265. The second kappa shape index (κ2) is 8.89. The molecule has 0 aliphatic rings. The highest BCUT2D eigenvalue weighted by Gasteiger charge is 2.11. The van der Waals surface area contributed by atoms with Gasteiger partial charge in [-0.1, -0.05) is 0 Å². The topological polar surface area (TPSA) is 75.7 Å². The number of nitrogens with zero attached hydrogens (tertiary/aromatic N) is 2. The van der Waals surface area contributed by atoms with E-state index in [9.17, 15) is 4.79 Å². The average molecular weight is 344 g/mol. The van der Waals surface area contributed by atoms with Gasteiger partial charge >= 0.3 is 0 Å². The second-order valence-corrected chi connectivity index (χ2v) is 5.68. The van der Waals surface area contributed by atoms with Crippen molar-refractivity contribution < 1.29 is 14.3 Å². The smallest absolute Gasteiger partial charge is 0.257 e.